The molecule has 0 heterocycles. The molecule has 0 amide bonds. The Hall–Kier alpha value is -2.21. The van der Waals surface area contributed by atoms with E-state index in [-0.39, 0.29) is 17.1 Å². The normalized spacial score (nSPS) is 19.7. The van der Waals surface area contributed by atoms with Crippen LogP contribution in [0.3, 0.4) is 0 Å². The zero-order valence-corrected chi connectivity index (χ0v) is 18.7. The first-order valence-electron chi connectivity index (χ1n) is 10.1. The zero-order valence-electron chi connectivity index (χ0n) is 18.0. The maximum Gasteiger partial charge on any atom is 0.416 e. The van der Waals surface area contributed by atoms with E-state index in [1.165, 1.54) is 14.2 Å². The molecule has 1 unspecified atom stereocenters. The Balaban J connectivity index is 1.62. The monoisotopic (exact) mass is 454 g/mol. The summed E-state index contributed by atoms with van der Waals surface area (Å²) in [5.41, 5.74) is 0.689. The van der Waals surface area contributed by atoms with Gasteiger partial charge in [0, 0.05) is 12.5 Å². The average Bonchev–Trinajstić information content (AvgIpc) is 3.27. The zero-order chi connectivity index (χ0) is 23.0. The van der Waals surface area contributed by atoms with Gasteiger partial charge in [-0.3, -0.25) is 4.79 Å². The summed E-state index contributed by atoms with van der Waals surface area (Å²) in [5.74, 6) is 1.30. The van der Waals surface area contributed by atoms with E-state index in [4.69, 9.17) is 21.1 Å². The van der Waals surface area contributed by atoms with Gasteiger partial charge < -0.3 is 9.47 Å². The molecule has 7 heteroatoms. The molecule has 0 bridgehead atoms. The number of ether oxygens (including phenoxy) is 2. The van der Waals surface area contributed by atoms with Crippen molar-refractivity contribution in [1.29, 1.82) is 0 Å². The van der Waals surface area contributed by atoms with E-state index in [2.05, 4.69) is 13.8 Å². The SMILES string of the molecule is COc1cc(OC)c(C(=O)CCCC2[C@H](c3ccc(C(F)(F)F)cc3)C2(C)C)cc1Cl. The van der Waals surface area contributed by atoms with Crippen molar-refractivity contribution in [3.8, 4) is 11.5 Å². The molecule has 1 saturated carbocycles. The summed E-state index contributed by atoms with van der Waals surface area (Å²) < 4.78 is 48.9. The first-order chi connectivity index (χ1) is 14.5. The first-order valence-corrected chi connectivity index (χ1v) is 10.5. The van der Waals surface area contributed by atoms with Gasteiger partial charge in [0.15, 0.2) is 5.78 Å². The van der Waals surface area contributed by atoms with Gasteiger partial charge in [0.05, 0.1) is 30.4 Å². The fourth-order valence-electron chi connectivity index (χ4n) is 4.52. The van der Waals surface area contributed by atoms with Gasteiger partial charge in [-0.2, -0.15) is 13.2 Å². The van der Waals surface area contributed by atoms with E-state index in [0.717, 1.165) is 24.1 Å². The molecule has 1 fully saturated rings. The Labute approximate surface area is 185 Å². The summed E-state index contributed by atoms with van der Waals surface area (Å²) in [6, 6.07) is 8.59. The maximum absolute atomic E-state index is 12.8. The van der Waals surface area contributed by atoms with Crippen LogP contribution in [0.15, 0.2) is 36.4 Å². The number of halogens is 4. The van der Waals surface area contributed by atoms with Crippen LogP contribution in [-0.2, 0) is 6.18 Å². The van der Waals surface area contributed by atoms with Gasteiger partial charge >= 0.3 is 6.18 Å². The average molecular weight is 455 g/mol. The van der Waals surface area contributed by atoms with E-state index in [1.54, 1.807) is 24.3 Å². The second-order valence-electron chi connectivity index (χ2n) is 8.53. The fraction of sp³-hybridized carbons (Fsp3) is 0.458. The molecule has 0 aliphatic heterocycles. The number of benzene rings is 2. The minimum Gasteiger partial charge on any atom is -0.496 e. The van der Waals surface area contributed by atoms with Crippen LogP contribution in [-0.4, -0.2) is 20.0 Å². The van der Waals surface area contributed by atoms with Gasteiger partial charge in [0.25, 0.3) is 0 Å². The molecule has 1 aliphatic carbocycles. The number of ketones is 1. The second-order valence-corrected chi connectivity index (χ2v) is 8.93. The van der Waals surface area contributed by atoms with Gasteiger partial charge in [-0.25, -0.2) is 0 Å². The summed E-state index contributed by atoms with van der Waals surface area (Å²) in [6.45, 7) is 4.24. The van der Waals surface area contributed by atoms with Crippen LogP contribution in [0.1, 0.15) is 60.5 Å². The van der Waals surface area contributed by atoms with E-state index in [1.807, 2.05) is 0 Å². The molecule has 0 aromatic heterocycles. The third-order valence-corrected chi connectivity index (χ3v) is 6.64. The third-order valence-electron chi connectivity index (χ3n) is 6.34. The molecule has 0 spiro atoms. The minimum atomic E-state index is -4.33. The van der Waals surface area contributed by atoms with Crippen molar-refractivity contribution in [1.82, 2.24) is 0 Å². The van der Waals surface area contributed by atoms with Crippen molar-refractivity contribution in [3.63, 3.8) is 0 Å². The van der Waals surface area contributed by atoms with Gasteiger partial charge in [-0.05, 0) is 53.9 Å². The summed E-state index contributed by atoms with van der Waals surface area (Å²) in [5, 5.41) is 0.345. The molecule has 3 nitrogen and oxygen atoms in total. The number of carbonyl (C=O) groups is 1. The highest BCUT2D eigenvalue weighted by Gasteiger charge is 2.57. The number of rotatable bonds is 8. The number of methoxy groups -OCH3 is 2. The predicted octanol–water partition coefficient (Wildman–Crippen LogP) is 7.17. The van der Waals surface area contributed by atoms with Crippen LogP contribution in [0.4, 0.5) is 13.2 Å². The van der Waals surface area contributed by atoms with Crippen LogP contribution >= 0.6 is 11.6 Å². The van der Waals surface area contributed by atoms with E-state index in [9.17, 15) is 18.0 Å². The Bertz CT molecular complexity index is 952. The lowest BCUT2D eigenvalue weighted by molar-refractivity contribution is -0.137. The number of hydrogen-bond donors (Lipinski definition) is 0. The first kappa shape index (κ1) is 23.5. The Morgan fingerprint density at radius 2 is 1.68 bits per heavy atom. The minimum absolute atomic E-state index is 0.0100. The largest absolute Gasteiger partial charge is 0.496 e. The molecular formula is C24H26ClF3O3. The lowest BCUT2D eigenvalue weighted by Crippen LogP contribution is -2.04. The van der Waals surface area contributed by atoms with Gasteiger partial charge in [0.1, 0.15) is 11.5 Å². The quantitative estimate of drug-likeness (QED) is 0.396. The van der Waals surface area contributed by atoms with Crippen LogP contribution in [0.5, 0.6) is 11.5 Å². The van der Waals surface area contributed by atoms with Gasteiger partial charge in [0.2, 0.25) is 0 Å². The number of carbonyl (C=O) groups excluding carboxylic acids is 1. The topological polar surface area (TPSA) is 35.5 Å². The van der Waals surface area contributed by atoms with E-state index < -0.39 is 11.7 Å². The van der Waals surface area contributed by atoms with Gasteiger partial charge in [-0.15, -0.1) is 0 Å². The standard InChI is InChI=1S/C24H26ClF3O3/c1-23(2)17(22(23)14-8-10-15(11-9-14)24(26,27)28)6-5-7-19(29)16-12-18(25)21(31-4)13-20(16)30-3/h8-13,17,22H,5-7H2,1-4H3/t17?,22-/m0/s1. The summed E-state index contributed by atoms with van der Waals surface area (Å²) in [6.07, 6.45) is -2.50. The van der Waals surface area contributed by atoms with Crippen molar-refractivity contribution >= 4 is 17.4 Å². The molecule has 1 aliphatic rings. The fourth-order valence-corrected chi connectivity index (χ4v) is 4.76. The maximum atomic E-state index is 12.8. The molecule has 2 aromatic rings. The molecule has 0 radical (unpaired) electrons. The highest BCUT2D eigenvalue weighted by Crippen LogP contribution is 2.66. The highest BCUT2D eigenvalue weighted by atomic mass is 35.5. The molecule has 2 atom stereocenters. The lowest BCUT2D eigenvalue weighted by atomic mass is 10.0. The Kier molecular flexibility index (Phi) is 6.61. The third kappa shape index (κ3) is 4.84. The summed E-state index contributed by atoms with van der Waals surface area (Å²) in [7, 11) is 2.98. The van der Waals surface area contributed by atoms with Crippen molar-refractivity contribution in [3.05, 3.63) is 58.1 Å². The molecule has 31 heavy (non-hydrogen) atoms. The van der Waals surface area contributed by atoms with Crippen LogP contribution in [0.25, 0.3) is 0 Å². The van der Waals surface area contributed by atoms with Crippen LogP contribution in [0.2, 0.25) is 5.02 Å². The van der Waals surface area contributed by atoms with Crippen LogP contribution < -0.4 is 9.47 Å². The van der Waals surface area contributed by atoms with Crippen LogP contribution in [0, 0.1) is 11.3 Å². The predicted molar refractivity (Wildman–Crippen MR) is 114 cm³/mol. The van der Waals surface area contributed by atoms with Crippen molar-refractivity contribution in [2.75, 3.05) is 14.2 Å². The molecular weight excluding hydrogens is 429 g/mol. The van der Waals surface area contributed by atoms with E-state index >= 15 is 0 Å². The van der Waals surface area contributed by atoms with Crippen molar-refractivity contribution in [2.45, 2.75) is 45.2 Å². The number of hydrogen-bond acceptors (Lipinski definition) is 3. The van der Waals surface area contributed by atoms with Gasteiger partial charge in [-0.1, -0.05) is 37.6 Å². The Morgan fingerprint density at radius 3 is 2.23 bits per heavy atom. The lowest BCUT2D eigenvalue weighted by Gasteiger charge is -2.11. The number of alkyl halides is 3. The second kappa shape index (κ2) is 8.73. The Morgan fingerprint density at radius 1 is 1.06 bits per heavy atom. The molecule has 2 aromatic carbocycles. The highest BCUT2D eigenvalue weighted by molar-refractivity contribution is 6.32. The van der Waals surface area contributed by atoms with Crippen molar-refractivity contribution in [2.24, 2.45) is 11.3 Å². The number of Topliss-reactive ketones (excluding diaryl/α,β-unsaturated/α-hetero) is 1. The molecule has 168 valence electrons. The summed E-state index contributed by atoms with van der Waals surface area (Å²) >= 11 is 6.16. The molecule has 0 N–H and O–H groups in total. The molecule has 3 rings (SSSR count). The summed E-state index contributed by atoms with van der Waals surface area (Å²) in [4.78, 5) is 12.7. The van der Waals surface area contributed by atoms with E-state index in [0.29, 0.717) is 40.8 Å². The van der Waals surface area contributed by atoms with Crippen molar-refractivity contribution < 1.29 is 27.4 Å². The smallest absolute Gasteiger partial charge is 0.416 e. The molecule has 0 saturated heterocycles.